The van der Waals surface area contributed by atoms with Crippen LogP contribution in [-0.4, -0.2) is 70.6 Å². The van der Waals surface area contributed by atoms with Crippen molar-refractivity contribution in [2.45, 2.75) is 18.9 Å². The van der Waals surface area contributed by atoms with Crippen LogP contribution in [0.2, 0.25) is 0 Å². The van der Waals surface area contributed by atoms with Crippen LogP contribution in [0.15, 0.2) is 0 Å². The number of methoxy groups -OCH3 is 1. The highest BCUT2D eigenvalue weighted by atomic mass is 32.2. The summed E-state index contributed by atoms with van der Waals surface area (Å²) >= 11 is 0. The molecule has 0 N–H and O–H groups in total. The van der Waals surface area contributed by atoms with Crippen LogP contribution >= 0.6 is 0 Å². The number of rotatable bonds is 6. The number of hydrogen-bond donors (Lipinski definition) is 0. The summed E-state index contributed by atoms with van der Waals surface area (Å²) in [5, 5.41) is 0. The van der Waals surface area contributed by atoms with Gasteiger partial charge in [0.05, 0.1) is 19.3 Å². The molecule has 1 aliphatic rings. The molecule has 0 amide bonds. The molecule has 0 saturated carbocycles. The van der Waals surface area contributed by atoms with Crippen molar-refractivity contribution in [3.63, 3.8) is 0 Å². The van der Waals surface area contributed by atoms with Crippen LogP contribution < -0.4 is 0 Å². The standard InChI is InChI=1S/C10H22N2O4S/c1-11(2)17(13,14)12-6-4-5-10(9-12)16-8-7-15-3/h10H,4-9H2,1-3H3. The predicted octanol–water partition coefficient (Wildman–Crippen LogP) is -0.0798. The van der Waals surface area contributed by atoms with Crippen molar-refractivity contribution in [2.75, 3.05) is 47.5 Å². The first-order chi connectivity index (χ1) is 7.98. The molecule has 1 fully saturated rings. The molecule has 1 aliphatic heterocycles. The Bertz CT molecular complexity index is 318. The summed E-state index contributed by atoms with van der Waals surface area (Å²) in [4.78, 5) is 0. The lowest BCUT2D eigenvalue weighted by molar-refractivity contribution is -0.00713. The lowest BCUT2D eigenvalue weighted by Crippen LogP contribution is -2.47. The minimum Gasteiger partial charge on any atom is -0.382 e. The van der Waals surface area contributed by atoms with Gasteiger partial charge in [0.25, 0.3) is 10.2 Å². The van der Waals surface area contributed by atoms with Gasteiger partial charge in [0.15, 0.2) is 0 Å². The quantitative estimate of drug-likeness (QED) is 0.631. The van der Waals surface area contributed by atoms with Crippen molar-refractivity contribution < 1.29 is 17.9 Å². The number of piperidine rings is 1. The second-order valence-corrected chi connectivity index (χ2v) is 6.42. The second kappa shape index (κ2) is 6.65. The van der Waals surface area contributed by atoms with Crippen molar-refractivity contribution in [3.05, 3.63) is 0 Å². The Morgan fingerprint density at radius 1 is 1.35 bits per heavy atom. The van der Waals surface area contributed by atoms with E-state index in [1.54, 1.807) is 21.2 Å². The Hall–Kier alpha value is -0.210. The van der Waals surface area contributed by atoms with Crippen LogP contribution in [0.1, 0.15) is 12.8 Å². The molecule has 0 aromatic carbocycles. The van der Waals surface area contributed by atoms with Crippen molar-refractivity contribution in [2.24, 2.45) is 0 Å². The van der Waals surface area contributed by atoms with Gasteiger partial charge in [-0.25, -0.2) is 0 Å². The van der Waals surface area contributed by atoms with Crippen LogP contribution in [0.25, 0.3) is 0 Å². The molecular weight excluding hydrogens is 244 g/mol. The largest absolute Gasteiger partial charge is 0.382 e. The van der Waals surface area contributed by atoms with Gasteiger partial charge in [0.2, 0.25) is 0 Å². The molecule has 1 atom stereocenters. The molecule has 0 aliphatic carbocycles. The SMILES string of the molecule is COCCOC1CCCN(S(=O)(=O)N(C)C)C1. The fourth-order valence-electron chi connectivity index (χ4n) is 1.78. The maximum atomic E-state index is 11.9. The minimum absolute atomic E-state index is 0.0198. The van der Waals surface area contributed by atoms with Gasteiger partial charge in [-0.2, -0.15) is 17.0 Å². The molecule has 1 heterocycles. The van der Waals surface area contributed by atoms with E-state index in [1.165, 1.54) is 8.61 Å². The summed E-state index contributed by atoms with van der Waals surface area (Å²) < 4.78 is 37.1. The zero-order chi connectivity index (χ0) is 12.9. The fourth-order valence-corrected chi connectivity index (χ4v) is 2.96. The summed E-state index contributed by atoms with van der Waals surface area (Å²) in [6.45, 7) is 2.06. The Labute approximate surface area is 104 Å². The monoisotopic (exact) mass is 266 g/mol. The summed E-state index contributed by atoms with van der Waals surface area (Å²) in [6.07, 6.45) is 1.72. The van der Waals surface area contributed by atoms with E-state index >= 15 is 0 Å². The number of hydrogen-bond acceptors (Lipinski definition) is 4. The third-order valence-corrected chi connectivity index (χ3v) is 4.68. The van der Waals surface area contributed by atoms with E-state index in [0.29, 0.717) is 26.3 Å². The van der Waals surface area contributed by atoms with Gasteiger partial charge in [-0.05, 0) is 12.8 Å². The van der Waals surface area contributed by atoms with E-state index in [9.17, 15) is 8.42 Å². The zero-order valence-electron chi connectivity index (χ0n) is 10.8. The molecule has 1 saturated heterocycles. The lowest BCUT2D eigenvalue weighted by Gasteiger charge is -2.33. The molecule has 1 unspecified atom stereocenters. The van der Waals surface area contributed by atoms with Crippen molar-refractivity contribution in [1.29, 1.82) is 0 Å². The van der Waals surface area contributed by atoms with Crippen LogP contribution in [0, 0.1) is 0 Å². The highest BCUT2D eigenvalue weighted by Crippen LogP contribution is 2.17. The lowest BCUT2D eigenvalue weighted by atomic mass is 10.1. The molecule has 102 valence electrons. The van der Waals surface area contributed by atoms with E-state index in [-0.39, 0.29) is 6.10 Å². The summed E-state index contributed by atoms with van der Waals surface area (Å²) in [5.41, 5.74) is 0. The van der Waals surface area contributed by atoms with Crippen molar-refractivity contribution in [3.8, 4) is 0 Å². The molecule has 0 aromatic heterocycles. The van der Waals surface area contributed by atoms with Gasteiger partial charge in [0, 0.05) is 34.3 Å². The van der Waals surface area contributed by atoms with Gasteiger partial charge in [-0.15, -0.1) is 0 Å². The maximum Gasteiger partial charge on any atom is 0.281 e. The minimum atomic E-state index is -3.31. The van der Waals surface area contributed by atoms with E-state index < -0.39 is 10.2 Å². The van der Waals surface area contributed by atoms with Gasteiger partial charge in [-0.3, -0.25) is 0 Å². The molecular formula is C10H22N2O4S. The third kappa shape index (κ3) is 4.18. The van der Waals surface area contributed by atoms with E-state index in [0.717, 1.165) is 12.8 Å². The smallest absolute Gasteiger partial charge is 0.281 e. The van der Waals surface area contributed by atoms with Gasteiger partial charge in [0.1, 0.15) is 0 Å². The normalized spacial score (nSPS) is 23.2. The molecule has 7 heteroatoms. The third-order valence-electron chi connectivity index (χ3n) is 2.77. The first-order valence-electron chi connectivity index (χ1n) is 5.76. The molecule has 0 aromatic rings. The molecule has 0 spiro atoms. The van der Waals surface area contributed by atoms with Gasteiger partial charge in [-0.1, -0.05) is 0 Å². The number of nitrogens with zero attached hydrogens (tertiary/aromatic N) is 2. The van der Waals surface area contributed by atoms with Crippen LogP contribution in [0.3, 0.4) is 0 Å². The highest BCUT2D eigenvalue weighted by molar-refractivity contribution is 7.86. The molecule has 0 bridgehead atoms. The van der Waals surface area contributed by atoms with Crippen molar-refractivity contribution in [1.82, 2.24) is 8.61 Å². The van der Waals surface area contributed by atoms with E-state index in [4.69, 9.17) is 9.47 Å². The summed E-state index contributed by atoms with van der Waals surface area (Å²) in [6, 6.07) is 0. The van der Waals surface area contributed by atoms with Gasteiger partial charge >= 0.3 is 0 Å². The van der Waals surface area contributed by atoms with Crippen molar-refractivity contribution >= 4 is 10.2 Å². The van der Waals surface area contributed by atoms with Crippen LogP contribution in [-0.2, 0) is 19.7 Å². The Morgan fingerprint density at radius 3 is 2.65 bits per heavy atom. The average molecular weight is 266 g/mol. The maximum absolute atomic E-state index is 11.9. The highest BCUT2D eigenvalue weighted by Gasteiger charge is 2.30. The summed E-state index contributed by atoms with van der Waals surface area (Å²) in [5.74, 6) is 0. The molecule has 1 rings (SSSR count). The number of ether oxygens (including phenoxy) is 2. The molecule has 17 heavy (non-hydrogen) atoms. The topological polar surface area (TPSA) is 59.1 Å². The predicted molar refractivity (Wildman–Crippen MR) is 65.0 cm³/mol. The van der Waals surface area contributed by atoms with Gasteiger partial charge < -0.3 is 9.47 Å². The fraction of sp³-hybridized carbons (Fsp3) is 1.00. The average Bonchev–Trinajstić information content (AvgIpc) is 2.29. The van der Waals surface area contributed by atoms with Crippen LogP contribution in [0.4, 0.5) is 0 Å². The first kappa shape index (κ1) is 14.8. The molecule has 0 radical (unpaired) electrons. The summed E-state index contributed by atoms with van der Waals surface area (Å²) in [7, 11) is 1.40. The Morgan fingerprint density at radius 2 is 2.06 bits per heavy atom. The second-order valence-electron chi connectivity index (χ2n) is 4.28. The Balaban J connectivity index is 2.49. The van der Waals surface area contributed by atoms with E-state index in [2.05, 4.69) is 0 Å². The molecule has 6 nitrogen and oxygen atoms in total. The Kier molecular flexibility index (Phi) is 5.81. The first-order valence-corrected chi connectivity index (χ1v) is 7.16. The van der Waals surface area contributed by atoms with E-state index in [1.807, 2.05) is 0 Å². The van der Waals surface area contributed by atoms with Crippen LogP contribution in [0.5, 0.6) is 0 Å². The zero-order valence-corrected chi connectivity index (χ0v) is 11.6.